The molecule has 0 bridgehead atoms. The van der Waals surface area contributed by atoms with Crippen LogP contribution in [0.5, 0.6) is 0 Å². The highest BCUT2D eigenvalue weighted by molar-refractivity contribution is 6.31. The third-order valence-electron chi connectivity index (χ3n) is 3.25. The summed E-state index contributed by atoms with van der Waals surface area (Å²) in [4.78, 5) is 16.4. The van der Waals surface area contributed by atoms with Gasteiger partial charge in [-0.2, -0.15) is 0 Å². The van der Waals surface area contributed by atoms with E-state index in [-0.39, 0.29) is 5.78 Å². The smallest absolute Gasteiger partial charge is 0.165 e. The fourth-order valence-corrected chi connectivity index (χ4v) is 2.31. The summed E-state index contributed by atoms with van der Waals surface area (Å²) in [6, 6.07) is 1.82. The van der Waals surface area contributed by atoms with E-state index in [0.29, 0.717) is 17.4 Å². The lowest BCUT2D eigenvalue weighted by Gasteiger charge is -1.97. The Balaban J connectivity index is 2.08. The molecule has 0 aliphatic heterocycles. The van der Waals surface area contributed by atoms with Gasteiger partial charge >= 0.3 is 0 Å². The number of aromatic nitrogens is 2. The number of rotatable bonds is 3. The molecule has 0 amide bonds. The molecule has 17 heavy (non-hydrogen) atoms. The second kappa shape index (κ2) is 3.84. The Labute approximate surface area is 104 Å². The number of carbonyl (C=O) groups is 1. The van der Waals surface area contributed by atoms with Crippen LogP contribution in [0.25, 0.3) is 11.0 Å². The van der Waals surface area contributed by atoms with E-state index in [1.807, 2.05) is 23.9 Å². The van der Waals surface area contributed by atoms with Gasteiger partial charge in [0.05, 0.1) is 5.02 Å². The van der Waals surface area contributed by atoms with Crippen molar-refractivity contribution < 1.29 is 4.79 Å². The SMILES string of the molecule is Cn1cc(C(=O)CC2CC2)c2cc(Cl)cnc21. The van der Waals surface area contributed by atoms with E-state index in [2.05, 4.69) is 4.98 Å². The second-order valence-corrected chi connectivity index (χ2v) is 5.19. The molecule has 1 saturated carbocycles. The summed E-state index contributed by atoms with van der Waals surface area (Å²) < 4.78 is 1.88. The number of halogens is 1. The lowest BCUT2D eigenvalue weighted by molar-refractivity contribution is 0.0977. The maximum Gasteiger partial charge on any atom is 0.165 e. The van der Waals surface area contributed by atoms with E-state index < -0.39 is 0 Å². The van der Waals surface area contributed by atoms with Gasteiger partial charge in [0.15, 0.2) is 5.78 Å². The third kappa shape index (κ3) is 1.95. The molecule has 0 spiro atoms. The van der Waals surface area contributed by atoms with Gasteiger partial charge in [-0.3, -0.25) is 4.79 Å². The number of ketones is 1. The summed E-state index contributed by atoms with van der Waals surface area (Å²) in [6.45, 7) is 0. The van der Waals surface area contributed by atoms with Gasteiger partial charge in [0, 0.05) is 36.8 Å². The zero-order valence-electron chi connectivity index (χ0n) is 9.61. The van der Waals surface area contributed by atoms with Crippen molar-refractivity contribution in [2.24, 2.45) is 13.0 Å². The quantitative estimate of drug-likeness (QED) is 0.782. The average molecular weight is 249 g/mol. The van der Waals surface area contributed by atoms with Gasteiger partial charge in [-0.25, -0.2) is 4.98 Å². The molecule has 4 heteroatoms. The fourth-order valence-electron chi connectivity index (χ4n) is 2.15. The van der Waals surface area contributed by atoms with Crippen molar-refractivity contribution in [3.8, 4) is 0 Å². The van der Waals surface area contributed by atoms with Crippen molar-refractivity contribution in [3.05, 3.63) is 29.0 Å². The second-order valence-electron chi connectivity index (χ2n) is 4.75. The van der Waals surface area contributed by atoms with Crippen molar-refractivity contribution in [1.29, 1.82) is 0 Å². The first-order valence-electron chi connectivity index (χ1n) is 5.79. The predicted octanol–water partition coefficient (Wildman–Crippen LogP) is 3.21. The standard InChI is InChI=1S/C13H13ClN2O/c1-16-7-11(12(17)4-8-2-3-8)10-5-9(14)6-15-13(10)16/h5-8H,2-4H2,1H3. The molecule has 1 fully saturated rings. The van der Waals surface area contributed by atoms with Crippen LogP contribution in [-0.2, 0) is 7.05 Å². The number of aryl methyl sites for hydroxylation is 1. The molecule has 0 saturated heterocycles. The predicted molar refractivity (Wildman–Crippen MR) is 67.4 cm³/mol. The van der Waals surface area contributed by atoms with Crippen LogP contribution >= 0.6 is 11.6 Å². The van der Waals surface area contributed by atoms with Crippen LogP contribution in [0.1, 0.15) is 29.6 Å². The van der Waals surface area contributed by atoms with Gasteiger partial charge in [-0.15, -0.1) is 0 Å². The molecule has 2 heterocycles. The molecule has 2 aromatic rings. The van der Waals surface area contributed by atoms with Crippen LogP contribution in [0.4, 0.5) is 0 Å². The number of carbonyl (C=O) groups excluding carboxylic acids is 1. The molecule has 1 aliphatic rings. The number of fused-ring (bicyclic) bond motifs is 1. The Hall–Kier alpha value is -1.35. The van der Waals surface area contributed by atoms with E-state index in [1.54, 1.807) is 6.20 Å². The minimum atomic E-state index is 0.210. The fraction of sp³-hybridized carbons (Fsp3) is 0.385. The van der Waals surface area contributed by atoms with E-state index >= 15 is 0 Å². The number of Topliss-reactive ketones (excluding diaryl/α,β-unsaturated/α-hetero) is 1. The Morgan fingerprint density at radius 2 is 2.35 bits per heavy atom. The Bertz CT molecular complexity index is 599. The average Bonchev–Trinajstić information content (AvgIpc) is 3.03. The molecule has 0 unspecified atom stereocenters. The van der Waals surface area contributed by atoms with Crippen molar-refractivity contribution >= 4 is 28.4 Å². The van der Waals surface area contributed by atoms with Crippen LogP contribution in [-0.4, -0.2) is 15.3 Å². The Kier molecular flexibility index (Phi) is 2.44. The van der Waals surface area contributed by atoms with Gasteiger partial charge in [0.2, 0.25) is 0 Å². The van der Waals surface area contributed by atoms with Gasteiger partial charge in [0.25, 0.3) is 0 Å². The van der Waals surface area contributed by atoms with Crippen LogP contribution in [0.2, 0.25) is 5.02 Å². The largest absolute Gasteiger partial charge is 0.335 e. The summed E-state index contributed by atoms with van der Waals surface area (Å²) >= 11 is 5.94. The minimum absolute atomic E-state index is 0.210. The molecule has 0 radical (unpaired) electrons. The van der Waals surface area contributed by atoms with E-state index in [0.717, 1.165) is 16.6 Å². The van der Waals surface area contributed by atoms with Gasteiger partial charge in [-0.05, 0) is 24.8 Å². The number of pyridine rings is 1. The molecule has 2 aromatic heterocycles. The molecule has 0 atom stereocenters. The topological polar surface area (TPSA) is 34.9 Å². The van der Waals surface area contributed by atoms with Crippen LogP contribution in [0.3, 0.4) is 0 Å². The van der Waals surface area contributed by atoms with Crippen LogP contribution < -0.4 is 0 Å². The molecule has 3 rings (SSSR count). The lowest BCUT2D eigenvalue weighted by Crippen LogP contribution is -1.99. The molecule has 88 valence electrons. The first-order chi connectivity index (χ1) is 8.15. The number of hydrogen-bond donors (Lipinski definition) is 0. The summed E-state index contributed by atoms with van der Waals surface area (Å²) in [6.07, 6.45) is 6.51. The molecule has 1 aliphatic carbocycles. The summed E-state index contributed by atoms with van der Waals surface area (Å²) in [5.41, 5.74) is 1.57. The number of nitrogens with zero attached hydrogens (tertiary/aromatic N) is 2. The minimum Gasteiger partial charge on any atom is -0.335 e. The van der Waals surface area contributed by atoms with Gasteiger partial charge in [0.1, 0.15) is 5.65 Å². The Morgan fingerprint density at radius 3 is 3.06 bits per heavy atom. The van der Waals surface area contributed by atoms with Crippen molar-refractivity contribution in [1.82, 2.24) is 9.55 Å². The number of hydrogen-bond acceptors (Lipinski definition) is 2. The zero-order valence-corrected chi connectivity index (χ0v) is 10.4. The third-order valence-corrected chi connectivity index (χ3v) is 3.46. The summed E-state index contributed by atoms with van der Waals surface area (Å²) in [5.74, 6) is 0.812. The summed E-state index contributed by atoms with van der Waals surface area (Å²) in [5, 5.41) is 1.44. The molecule has 0 N–H and O–H groups in total. The first-order valence-corrected chi connectivity index (χ1v) is 6.16. The van der Waals surface area contributed by atoms with Crippen LogP contribution in [0, 0.1) is 5.92 Å². The summed E-state index contributed by atoms with van der Waals surface area (Å²) in [7, 11) is 1.90. The van der Waals surface area contributed by atoms with Crippen molar-refractivity contribution in [2.75, 3.05) is 0 Å². The highest BCUT2D eigenvalue weighted by atomic mass is 35.5. The maximum absolute atomic E-state index is 12.1. The van der Waals surface area contributed by atoms with Gasteiger partial charge < -0.3 is 4.57 Å². The normalized spacial score (nSPS) is 15.4. The zero-order chi connectivity index (χ0) is 12.0. The molecular weight excluding hydrogens is 236 g/mol. The van der Waals surface area contributed by atoms with Crippen LogP contribution in [0.15, 0.2) is 18.5 Å². The molecule has 3 nitrogen and oxygen atoms in total. The van der Waals surface area contributed by atoms with E-state index in [4.69, 9.17) is 11.6 Å². The monoisotopic (exact) mass is 248 g/mol. The van der Waals surface area contributed by atoms with Crippen molar-refractivity contribution in [3.63, 3.8) is 0 Å². The first kappa shape index (κ1) is 10.8. The maximum atomic E-state index is 12.1. The lowest BCUT2D eigenvalue weighted by atomic mass is 10.1. The van der Waals surface area contributed by atoms with Gasteiger partial charge in [-0.1, -0.05) is 11.6 Å². The highest BCUT2D eigenvalue weighted by Crippen LogP contribution is 2.34. The Morgan fingerprint density at radius 1 is 1.59 bits per heavy atom. The van der Waals surface area contributed by atoms with E-state index in [1.165, 1.54) is 12.8 Å². The molecular formula is C13H13ClN2O. The van der Waals surface area contributed by atoms with E-state index in [9.17, 15) is 4.79 Å². The highest BCUT2D eigenvalue weighted by Gasteiger charge is 2.26. The molecule has 0 aromatic carbocycles. The van der Waals surface area contributed by atoms with Crippen molar-refractivity contribution in [2.45, 2.75) is 19.3 Å².